The molecule has 0 unspecified atom stereocenters. The van der Waals surface area contributed by atoms with Gasteiger partial charge in [-0.25, -0.2) is 0 Å². The van der Waals surface area contributed by atoms with Gasteiger partial charge in [0, 0.05) is 33.4 Å². The van der Waals surface area contributed by atoms with Gasteiger partial charge in [0.1, 0.15) is 0 Å². The molecular weight excluding hydrogens is 236 g/mol. The molecule has 96 valence electrons. The molecule has 0 heterocycles. The van der Waals surface area contributed by atoms with E-state index >= 15 is 0 Å². The Kier molecular flexibility index (Phi) is 7.01. The first-order chi connectivity index (χ1) is 8.24. The van der Waals surface area contributed by atoms with E-state index in [0.717, 1.165) is 43.4 Å². The second-order valence-electron chi connectivity index (χ2n) is 4.06. The first-order valence-electron chi connectivity index (χ1n) is 5.90. The SMILES string of the molecule is COCCCN(C)CCNc1ccccc1Cl. The molecule has 0 aliphatic rings. The molecule has 3 nitrogen and oxygen atoms in total. The van der Waals surface area contributed by atoms with Crippen molar-refractivity contribution in [3.05, 3.63) is 29.3 Å². The predicted octanol–water partition coefficient (Wildman–Crippen LogP) is 2.72. The highest BCUT2D eigenvalue weighted by Crippen LogP contribution is 2.19. The van der Waals surface area contributed by atoms with Crippen LogP contribution in [0.25, 0.3) is 0 Å². The van der Waals surface area contributed by atoms with Crippen molar-refractivity contribution in [3.8, 4) is 0 Å². The number of rotatable bonds is 8. The summed E-state index contributed by atoms with van der Waals surface area (Å²) in [5.74, 6) is 0. The number of nitrogens with zero attached hydrogens (tertiary/aromatic N) is 1. The first kappa shape index (κ1) is 14.3. The number of anilines is 1. The number of halogens is 1. The Morgan fingerprint density at radius 2 is 2.06 bits per heavy atom. The van der Waals surface area contributed by atoms with Gasteiger partial charge in [-0.2, -0.15) is 0 Å². The average molecular weight is 257 g/mol. The molecule has 0 aliphatic carbocycles. The molecule has 17 heavy (non-hydrogen) atoms. The van der Waals surface area contributed by atoms with Crippen molar-refractivity contribution in [1.82, 2.24) is 4.90 Å². The molecule has 0 atom stereocenters. The van der Waals surface area contributed by atoms with E-state index in [1.165, 1.54) is 0 Å². The number of benzene rings is 1. The number of para-hydroxylation sites is 1. The highest BCUT2D eigenvalue weighted by Gasteiger charge is 2.00. The van der Waals surface area contributed by atoms with Gasteiger partial charge in [0.05, 0.1) is 10.7 Å². The van der Waals surface area contributed by atoms with Gasteiger partial charge in [-0.1, -0.05) is 23.7 Å². The van der Waals surface area contributed by atoms with Crippen LogP contribution in [0.1, 0.15) is 6.42 Å². The van der Waals surface area contributed by atoms with Crippen molar-refractivity contribution < 1.29 is 4.74 Å². The lowest BCUT2D eigenvalue weighted by Gasteiger charge is -2.17. The molecule has 0 aromatic heterocycles. The summed E-state index contributed by atoms with van der Waals surface area (Å²) in [7, 11) is 3.85. The number of methoxy groups -OCH3 is 1. The number of likely N-dealkylation sites (N-methyl/N-ethyl adjacent to an activating group) is 1. The smallest absolute Gasteiger partial charge is 0.0637 e. The van der Waals surface area contributed by atoms with E-state index in [4.69, 9.17) is 16.3 Å². The van der Waals surface area contributed by atoms with Crippen molar-refractivity contribution in [2.24, 2.45) is 0 Å². The molecule has 4 heteroatoms. The summed E-state index contributed by atoms with van der Waals surface area (Å²) in [6.45, 7) is 3.77. The van der Waals surface area contributed by atoms with Gasteiger partial charge >= 0.3 is 0 Å². The maximum absolute atomic E-state index is 6.05. The van der Waals surface area contributed by atoms with Gasteiger partial charge in [0.2, 0.25) is 0 Å². The predicted molar refractivity (Wildman–Crippen MR) is 73.9 cm³/mol. The van der Waals surface area contributed by atoms with Gasteiger partial charge < -0.3 is 15.0 Å². The maximum atomic E-state index is 6.05. The molecule has 0 saturated heterocycles. The quantitative estimate of drug-likeness (QED) is 0.724. The van der Waals surface area contributed by atoms with Crippen molar-refractivity contribution in [1.29, 1.82) is 0 Å². The van der Waals surface area contributed by atoms with Crippen LogP contribution in [0.15, 0.2) is 24.3 Å². The van der Waals surface area contributed by atoms with Gasteiger partial charge in [-0.3, -0.25) is 0 Å². The van der Waals surface area contributed by atoms with E-state index < -0.39 is 0 Å². The molecule has 0 spiro atoms. The first-order valence-corrected chi connectivity index (χ1v) is 6.27. The Balaban J connectivity index is 2.17. The highest BCUT2D eigenvalue weighted by molar-refractivity contribution is 6.33. The van der Waals surface area contributed by atoms with Gasteiger partial charge in [-0.15, -0.1) is 0 Å². The lowest BCUT2D eigenvalue weighted by molar-refractivity contribution is 0.180. The summed E-state index contributed by atoms with van der Waals surface area (Å²) < 4.78 is 5.02. The number of nitrogens with one attached hydrogen (secondary N) is 1. The van der Waals surface area contributed by atoms with Gasteiger partial charge in [0.15, 0.2) is 0 Å². The fourth-order valence-electron chi connectivity index (χ4n) is 1.58. The average Bonchev–Trinajstić information content (AvgIpc) is 2.32. The van der Waals surface area contributed by atoms with E-state index in [9.17, 15) is 0 Å². The molecule has 1 N–H and O–H groups in total. The molecule has 0 radical (unpaired) electrons. The fraction of sp³-hybridized carbons (Fsp3) is 0.538. The lowest BCUT2D eigenvalue weighted by atomic mass is 10.3. The van der Waals surface area contributed by atoms with Crippen LogP contribution in [0.2, 0.25) is 5.02 Å². The minimum Gasteiger partial charge on any atom is -0.385 e. The van der Waals surface area contributed by atoms with Crippen molar-refractivity contribution in [2.75, 3.05) is 45.7 Å². The Morgan fingerprint density at radius 1 is 1.29 bits per heavy atom. The zero-order valence-corrected chi connectivity index (χ0v) is 11.3. The zero-order valence-electron chi connectivity index (χ0n) is 10.6. The molecule has 0 fully saturated rings. The highest BCUT2D eigenvalue weighted by atomic mass is 35.5. The van der Waals surface area contributed by atoms with Crippen LogP contribution in [0.4, 0.5) is 5.69 Å². The summed E-state index contributed by atoms with van der Waals surface area (Å²) in [5.41, 5.74) is 0.999. The molecule has 0 saturated carbocycles. The van der Waals surface area contributed by atoms with E-state index in [-0.39, 0.29) is 0 Å². The minimum absolute atomic E-state index is 0.773. The summed E-state index contributed by atoms with van der Waals surface area (Å²) in [6.07, 6.45) is 1.07. The summed E-state index contributed by atoms with van der Waals surface area (Å²) in [6, 6.07) is 7.81. The summed E-state index contributed by atoms with van der Waals surface area (Å²) in [4.78, 5) is 2.28. The van der Waals surface area contributed by atoms with Gasteiger partial charge in [0.25, 0.3) is 0 Å². The molecule has 1 aromatic rings. The molecule has 1 aromatic carbocycles. The van der Waals surface area contributed by atoms with Crippen molar-refractivity contribution >= 4 is 17.3 Å². The Bertz CT molecular complexity index is 320. The standard InChI is InChI=1S/C13H21ClN2O/c1-16(9-5-11-17-2)10-8-15-13-7-4-3-6-12(13)14/h3-4,6-7,15H,5,8-11H2,1-2H3. The van der Waals surface area contributed by atoms with Gasteiger partial charge in [-0.05, 0) is 25.6 Å². The molecule has 0 bridgehead atoms. The third-order valence-corrected chi connectivity index (χ3v) is 2.90. The van der Waals surface area contributed by atoms with E-state index in [1.54, 1.807) is 7.11 Å². The molecule has 0 amide bonds. The van der Waals surface area contributed by atoms with E-state index in [2.05, 4.69) is 17.3 Å². The van der Waals surface area contributed by atoms with Crippen LogP contribution >= 0.6 is 11.6 Å². The van der Waals surface area contributed by atoms with E-state index in [0.29, 0.717) is 0 Å². The monoisotopic (exact) mass is 256 g/mol. The zero-order chi connectivity index (χ0) is 12.5. The second kappa shape index (κ2) is 8.34. The van der Waals surface area contributed by atoms with Crippen LogP contribution in [0.3, 0.4) is 0 Å². The van der Waals surface area contributed by atoms with Crippen LogP contribution < -0.4 is 5.32 Å². The van der Waals surface area contributed by atoms with Crippen LogP contribution in [-0.4, -0.2) is 45.3 Å². The second-order valence-corrected chi connectivity index (χ2v) is 4.46. The van der Waals surface area contributed by atoms with Crippen molar-refractivity contribution in [3.63, 3.8) is 0 Å². The lowest BCUT2D eigenvalue weighted by Crippen LogP contribution is -2.26. The third-order valence-electron chi connectivity index (χ3n) is 2.57. The fourth-order valence-corrected chi connectivity index (χ4v) is 1.78. The largest absolute Gasteiger partial charge is 0.385 e. The Labute approximate surface area is 109 Å². The molecular formula is C13H21ClN2O. The van der Waals surface area contributed by atoms with Crippen molar-refractivity contribution in [2.45, 2.75) is 6.42 Å². The topological polar surface area (TPSA) is 24.5 Å². The Hall–Kier alpha value is -0.770. The maximum Gasteiger partial charge on any atom is 0.0637 e. The number of hydrogen-bond donors (Lipinski definition) is 1. The summed E-state index contributed by atoms with van der Waals surface area (Å²) in [5, 5.41) is 4.10. The summed E-state index contributed by atoms with van der Waals surface area (Å²) >= 11 is 6.05. The number of ether oxygens (including phenoxy) is 1. The Morgan fingerprint density at radius 3 is 2.76 bits per heavy atom. The number of hydrogen-bond acceptors (Lipinski definition) is 3. The molecule has 1 rings (SSSR count). The van der Waals surface area contributed by atoms with Crippen LogP contribution in [0, 0.1) is 0 Å². The molecule has 0 aliphatic heterocycles. The third kappa shape index (κ3) is 5.91. The normalized spacial score (nSPS) is 10.8. The van der Waals surface area contributed by atoms with Crippen LogP contribution in [0.5, 0.6) is 0 Å². The van der Waals surface area contributed by atoms with Crippen LogP contribution in [-0.2, 0) is 4.74 Å². The minimum atomic E-state index is 0.773. The van der Waals surface area contributed by atoms with E-state index in [1.807, 2.05) is 24.3 Å².